The number of aromatic amines is 1. The van der Waals surface area contributed by atoms with Crippen LogP contribution >= 0.6 is 24.2 Å². The minimum absolute atomic E-state index is 0.0570. The molecule has 6 nitrogen and oxygen atoms in total. The predicted octanol–water partition coefficient (Wildman–Crippen LogP) is 1.74. The number of anilines is 1. The average molecular weight is 356 g/mol. The van der Waals surface area contributed by atoms with Crippen molar-refractivity contribution in [3.63, 3.8) is 0 Å². The largest absolute Gasteiger partial charge is 0.310 e. The molecule has 1 aromatic heterocycles. The highest BCUT2D eigenvalue weighted by atomic mass is 35.5. The Kier molecular flexibility index (Phi) is 5.51. The number of ketones is 1. The van der Waals surface area contributed by atoms with Gasteiger partial charge in [-0.1, -0.05) is 17.7 Å². The van der Waals surface area contributed by atoms with Crippen molar-refractivity contribution in [1.82, 2.24) is 9.97 Å². The van der Waals surface area contributed by atoms with Crippen LogP contribution in [-0.4, -0.2) is 21.7 Å². The van der Waals surface area contributed by atoms with Gasteiger partial charge in [-0.3, -0.25) is 14.4 Å². The zero-order chi connectivity index (χ0) is 17.0. The molecule has 0 aliphatic carbocycles. The molecule has 2 aromatic rings. The van der Waals surface area contributed by atoms with E-state index in [1.165, 1.54) is 12.1 Å². The molecule has 2 rings (SSSR count). The molecule has 0 unspecified atom stereocenters. The number of aromatic nitrogens is 2. The summed E-state index contributed by atoms with van der Waals surface area (Å²) in [4.78, 5) is 41.4. The zero-order valence-electron chi connectivity index (χ0n) is 11.6. The van der Waals surface area contributed by atoms with E-state index in [2.05, 4.69) is 27.9 Å². The van der Waals surface area contributed by atoms with Crippen LogP contribution in [0.5, 0.6) is 0 Å². The number of nitrogens with one attached hydrogen (secondary N) is 2. The number of carbonyl (C=O) groups excluding carboxylic acids is 2. The lowest BCUT2D eigenvalue weighted by Gasteiger charge is -2.05. The number of thiol groups is 1. The number of H-pyrrole nitrogens is 1. The molecule has 23 heavy (non-hydrogen) atoms. The van der Waals surface area contributed by atoms with Crippen LogP contribution in [0.1, 0.15) is 11.4 Å². The van der Waals surface area contributed by atoms with Crippen molar-refractivity contribution in [2.45, 2.75) is 12.2 Å². The van der Waals surface area contributed by atoms with Gasteiger partial charge in [-0.25, -0.2) is 9.37 Å². The van der Waals surface area contributed by atoms with E-state index in [9.17, 15) is 18.8 Å². The molecule has 0 aliphatic rings. The molecule has 0 radical (unpaired) electrons. The molecule has 9 heteroatoms. The van der Waals surface area contributed by atoms with E-state index in [1.807, 2.05) is 0 Å². The fourth-order valence-electron chi connectivity index (χ4n) is 1.75. The smallest absolute Gasteiger partial charge is 0.293 e. The zero-order valence-corrected chi connectivity index (χ0v) is 13.2. The molecule has 1 aromatic carbocycles. The van der Waals surface area contributed by atoms with E-state index >= 15 is 0 Å². The van der Waals surface area contributed by atoms with Gasteiger partial charge in [0.05, 0.1) is 5.02 Å². The molecule has 0 spiro atoms. The lowest BCUT2D eigenvalue weighted by atomic mass is 10.1. The summed E-state index contributed by atoms with van der Waals surface area (Å²) in [6.07, 6.45) is -0.303. The van der Waals surface area contributed by atoms with Gasteiger partial charge in [0.2, 0.25) is 5.78 Å². The number of halogens is 2. The van der Waals surface area contributed by atoms with E-state index in [0.717, 1.165) is 12.1 Å². The number of carbonyl (C=O) groups is 2. The topological polar surface area (TPSA) is 91.9 Å². The number of hydrogen-bond donors (Lipinski definition) is 3. The molecule has 2 N–H and O–H groups in total. The van der Waals surface area contributed by atoms with Crippen LogP contribution in [0.2, 0.25) is 5.02 Å². The van der Waals surface area contributed by atoms with Crippen molar-refractivity contribution < 1.29 is 14.0 Å². The Hall–Kier alpha value is -2.19. The second kappa shape index (κ2) is 7.38. The van der Waals surface area contributed by atoms with Crippen molar-refractivity contribution in [3.8, 4) is 0 Å². The van der Waals surface area contributed by atoms with Crippen LogP contribution in [0.25, 0.3) is 0 Å². The maximum atomic E-state index is 13.3. The van der Waals surface area contributed by atoms with Gasteiger partial charge in [-0.15, -0.1) is 0 Å². The summed E-state index contributed by atoms with van der Waals surface area (Å²) in [7, 11) is 0. The van der Waals surface area contributed by atoms with Crippen molar-refractivity contribution in [2.75, 3.05) is 5.32 Å². The molecule has 0 atom stereocenters. The van der Waals surface area contributed by atoms with Crippen LogP contribution in [0.15, 0.2) is 29.1 Å². The normalized spacial score (nSPS) is 10.4. The third-order valence-electron chi connectivity index (χ3n) is 2.78. The number of rotatable bonds is 5. The van der Waals surface area contributed by atoms with Gasteiger partial charge in [0.15, 0.2) is 0 Å². The number of nitrogens with zero attached hydrogens (tertiary/aromatic N) is 1. The van der Waals surface area contributed by atoms with Crippen LogP contribution in [0.3, 0.4) is 0 Å². The van der Waals surface area contributed by atoms with Crippen LogP contribution in [-0.2, 0) is 21.8 Å². The molecule has 0 fully saturated rings. The van der Waals surface area contributed by atoms with Crippen LogP contribution < -0.4 is 10.9 Å². The van der Waals surface area contributed by atoms with Gasteiger partial charge in [0, 0.05) is 18.2 Å². The molecular weight excluding hydrogens is 345 g/mol. The van der Waals surface area contributed by atoms with Crippen molar-refractivity contribution in [2.24, 2.45) is 0 Å². The molecule has 0 saturated carbocycles. The Labute approximate surface area is 140 Å². The van der Waals surface area contributed by atoms with Crippen LogP contribution in [0.4, 0.5) is 10.2 Å². The summed E-state index contributed by atoms with van der Waals surface area (Å²) in [5.74, 6) is -2.07. The molecule has 120 valence electrons. The molecule has 1 heterocycles. The van der Waals surface area contributed by atoms with Gasteiger partial charge < -0.3 is 10.3 Å². The second-order valence-corrected chi connectivity index (χ2v) is 5.26. The standard InChI is InChI=1S/C14H11ClFN3O3S/c15-8-2-1-7(3-9(8)16)4-10(20)14(22)19-11-5-13(21)18-12(6-23)17-11/h1-3,5,23H,4,6H2,(H2,17,18,19,21,22). The molecule has 0 aliphatic heterocycles. The molecular formula is C14H11ClFN3O3S. The average Bonchev–Trinajstić information content (AvgIpc) is 2.50. The first kappa shape index (κ1) is 17.2. The summed E-state index contributed by atoms with van der Waals surface area (Å²) < 4.78 is 13.3. The van der Waals surface area contributed by atoms with Crippen molar-refractivity contribution in [3.05, 3.63) is 56.8 Å². The molecule has 1 amide bonds. The monoisotopic (exact) mass is 355 g/mol. The van der Waals surface area contributed by atoms with Crippen LogP contribution in [0, 0.1) is 5.82 Å². The predicted molar refractivity (Wildman–Crippen MR) is 86.3 cm³/mol. The van der Waals surface area contributed by atoms with E-state index in [4.69, 9.17) is 11.6 Å². The molecule has 0 saturated heterocycles. The summed E-state index contributed by atoms with van der Waals surface area (Å²) in [5, 5.41) is 2.16. The first-order valence-electron chi connectivity index (χ1n) is 6.38. The Morgan fingerprint density at radius 3 is 2.74 bits per heavy atom. The van der Waals surface area contributed by atoms with E-state index in [1.54, 1.807) is 0 Å². The summed E-state index contributed by atoms with van der Waals surface area (Å²) in [5.41, 5.74) is -0.173. The second-order valence-electron chi connectivity index (χ2n) is 4.54. The minimum Gasteiger partial charge on any atom is -0.310 e. The number of hydrogen-bond acceptors (Lipinski definition) is 5. The Bertz CT molecular complexity index is 825. The van der Waals surface area contributed by atoms with Crippen molar-refractivity contribution in [1.29, 1.82) is 0 Å². The lowest BCUT2D eigenvalue weighted by Crippen LogP contribution is -2.26. The summed E-state index contributed by atoms with van der Waals surface area (Å²) >= 11 is 9.51. The SMILES string of the molecule is O=C(Cc1ccc(Cl)c(F)c1)C(=O)Nc1cc(=O)[nH]c(CS)n1. The Morgan fingerprint density at radius 2 is 2.09 bits per heavy atom. The highest BCUT2D eigenvalue weighted by Crippen LogP contribution is 2.16. The number of amides is 1. The fraction of sp³-hybridized carbons (Fsp3) is 0.143. The van der Waals surface area contributed by atoms with Gasteiger partial charge in [0.1, 0.15) is 17.5 Å². The summed E-state index contributed by atoms with van der Waals surface area (Å²) in [6, 6.07) is 4.87. The summed E-state index contributed by atoms with van der Waals surface area (Å²) in [6.45, 7) is 0. The maximum Gasteiger partial charge on any atom is 0.293 e. The highest BCUT2D eigenvalue weighted by molar-refractivity contribution is 7.79. The van der Waals surface area contributed by atoms with Gasteiger partial charge in [0.25, 0.3) is 11.5 Å². The third-order valence-corrected chi connectivity index (χ3v) is 3.39. The fourth-order valence-corrected chi connectivity index (χ4v) is 2.02. The van der Waals surface area contributed by atoms with Crippen molar-refractivity contribution >= 4 is 41.7 Å². The lowest BCUT2D eigenvalue weighted by molar-refractivity contribution is -0.134. The van der Waals surface area contributed by atoms with Gasteiger partial charge in [-0.05, 0) is 17.7 Å². The number of Topliss-reactive ketones (excluding diaryl/α,β-unsaturated/α-hetero) is 1. The molecule has 0 bridgehead atoms. The van der Waals surface area contributed by atoms with E-state index < -0.39 is 23.1 Å². The van der Waals surface area contributed by atoms with Gasteiger partial charge in [-0.2, -0.15) is 12.6 Å². The Balaban J connectivity index is 2.08. The first-order valence-corrected chi connectivity index (χ1v) is 7.39. The van der Waals surface area contributed by atoms with E-state index in [-0.39, 0.29) is 28.8 Å². The van der Waals surface area contributed by atoms with E-state index in [0.29, 0.717) is 5.56 Å². The maximum absolute atomic E-state index is 13.3. The number of benzene rings is 1. The minimum atomic E-state index is -0.955. The quantitative estimate of drug-likeness (QED) is 0.562. The third kappa shape index (κ3) is 4.64. The Morgan fingerprint density at radius 1 is 1.35 bits per heavy atom. The first-order chi connectivity index (χ1) is 10.9. The van der Waals surface area contributed by atoms with Gasteiger partial charge >= 0.3 is 0 Å². The highest BCUT2D eigenvalue weighted by Gasteiger charge is 2.16.